The number of hydrogen-bond donors (Lipinski definition) is 3. The molecule has 104 valence electrons. The Morgan fingerprint density at radius 3 is 2.58 bits per heavy atom. The molecular weight excluding hydrogens is 281 g/mol. The van der Waals surface area contributed by atoms with Crippen molar-refractivity contribution in [2.24, 2.45) is 10.8 Å². The van der Waals surface area contributed by atoms with Crippen LogP contribution in [0.1, 0.15) is 18.4 Å². The topological polar surface area (TPSA) is 62.4 Å². The highest BCUT2D eigenvalue weighted by atomic mass is 35.5. The highest BCUT2D eigenvalue weighted by molar-refractivity contribution is 6.34. The molecule has 0 saturated heterocycles. The number of rotatable bonds is 2. The zero-order chi connectivity index (χ0) is 14.0. The third-order valence-corrected chi connectivity index (χ3v) is 2.87. The highest BCUT2D eigenvalue weighted by Gasteiger charge is 2.34. The van der Waals surface area contributed by atoms with Crippen LogP contribution in [0.3, 0.4) is 0 Å². The van der Waals surface area contributed by atoms with E-state index in [-0.39, 0.29) is 22.7 Å². The average Bonchev–Trinajstić information content (AvgIpc) is 3.13. The molecule has 0 aliphatic heterocycles. The zero-order valence-corrected chi connectivity index (χ0v) is 10.5. The van der Waals surface area contributed by atoms with Crippen LogP contribution in [0, 0.1) is 0 Å². The van der Waals surface area contributed by atoms with Gasteiger partial charge < -0.3 is 5.32 Å². The van der Waals surface area contributed by atoms with Crippen molar-refractivity contribution in [1.29, 1.82) is 0 Å². The van der Waals surface area contributed by atoms with E-state index < -0.39 is 11.7 Å². The van der Waals surface area contributed by atoms with E-state index in [4.69, 9.17) is 17.4 Å². The number of guanidine groups is 1. The Labute approximate surface area is 112 Å². The Kier molecular flexibility index (Phi) is 3.86. The third-order valence-electron chi connectivity index (χ3n) is 2.56. The van der Waals surface area contributed by atoms with Crippen LogP contribution in [0.15, 0.2) is 23.2 Å². The van der Waals surface area contributed by atoms with Gasteiger partial charge in [-0.3, -0.25) is 5.43 Å². The lowest BCUT2D eigenvalue weighted by atomic mass is 10.1. The first-order valence-corrected chi connectivity index (χ1v) is 5.96. The molecule has 0 spiro atoms. The van der Waals surface area contributed by atoms with Gasteiger partial charge in [-0.05, 0) is 25.0 Å². The molecule has 8 heteroatoms. The van der Waals surface area contributed by atoms with Gasteiger partial charge in [0.2, 0.25) is 5.96 Å². The minimum atomic E-state index is -4.51. The molecule has 1 saturated carbocycles. The van der Waals surface area contributed by atoms with E-state index in [2.05, 4.69) is 15.7 Å². The quantitative estimate of drug-likeness (QED) is 0.340. The summed E-state index contributed by atoms with van der Waals surface area (Å²) in [7, 11) is 0. The summed E-state index contributed by atoms with van der Waals surface area (Å²) in [6.45, 7) is 0. The van der Waals surface area contributed by atoms with Gasteiger partial charge in [-0.15, -0.1) is 0 Å². The first-order chi connectivity index (χ1) is 8.91. The molecule has 1 aromatic carbocycles. The molecule has 4 nitrogen and oxygen atoms in total. The number of hydrogen-bond acceptors (Lipinski definition) is 2. The van der Waals surface area contributed by atoms with Crippen molar-refractivity contribution in [1.82, 2.24) is 5.43 Å². The van der Waals surface area contributed by atoms with Crippen LogP contribution in [0.5, 0.6) is 0 Å². The molecule has 19 heavy (non-hydrogen) atoms. The molecule has 1 fully saturated rings. The maximum absolute atomic E-state index is 12.9. The number of para-hydroxylation sites is 1. The number of nitrogens with zero attached hydrogens (tertiary/aromatic N) is 1. The number of aliphatic imine (C=N–C) groups is 1. The van der Waals surface area contributed by atoms with E-state index >= 15 is 0 Å². The number of hydrazine groups is 1. The average molecular weight is 293 g/mol. The van der Waals surface area contributed by atoms with E-state index in [1.54, 1.807) is 0 Å². The molecule has 0 unspecified atom stereocenters. The fourth-order valence-electron chi connectivity index (χ4n) is 1.50. The van der Waals surface area contributed by atoms with Gasteiger partial charge in [0.25, 0.3) is 0 Å². The fraction of sp³-hybridized carbons (Fsp3) is 0.364. The summed E-state index contributed by atoms with van der Waals surface area (Å²) in [5.74, 6) is 5.31. The summed E-state index contributed by atoms with van der Waals surface area (Å²) in [6, 6.07) is 3.66. The second kappa shape index (κ2) is 5.26. The first-order valence-electron chi connectivity index (χ1n) is 5.59. The van der Waals surface area contributed by atoms with Crippen LogP contribution >= 0.6 is 11.6 Å². The maximum atomic E-state index is 12.9. The van der Waals surface area contributed by atoms with Gasteiger partial charge in [-0.25, -0.2) is 10.8 Å². The smallest absolute Gasteiger partial charge is 0.323 e. The van der Waals surface area contributed by atoms with E-state index in [1.807, 2.05) is 0 Å². The van der Waals surface area contributed by atoms with E-state index in [1.165, 1.54) is 12.1 Å². The van der Waals surface area contributed by atoms with E-state index in [9.17, 15) is 13.2 Å². The molecule has 4 N–H and O–H groups in total. The van der Waals surface area contributed by atoms with Crippen LogP contribution in [-0.4, -0.2) is 12.0 Å². The lowest BCUT2D eigenvalue weighted by Gasteiger charge is -2.16. The van der Waals surface area contributed by atoms with Crippen molar-refractivity contribution in [2.45, 2.75) is 25.1 Å². The Bertz CT molecular complexity index is 497. The number of nitrogens with two attached hydrogens (primary N) is 1. The normalized spacial score (nSPS) is 16.4. The molecule has 1 aromatic rings. The number of anilines is 1. The van der Waals surface area contributed by atoms with Gasteiger partial charge in [0, 0.05) is 0 Å². The predicted octanol–water partition coefficient (Wildman–Crippen LogP) is 2.75. The molecule has 0 bridgehead atoms. The molecule has 0 amide bonds. The lowest BCUT2D eigenvalue weighted by Crippen LogP contribution is -2.37. The largest absolute Gasteiger partial charge is 0.418 e. The van der Waals surface area contributed by atoms with Crippen molar-refractivity contribution < 1.29 is 13.2 Å². The van der Waals surface area contributed by atoms with Crippen LogP contribution in [0.25, 0.3) is 0 Å². The maximum Gasteiger partial charge on any atom is 0.418 e. The molecule has 0 radical (unpaired) electrons. The van der Waals surface area contributed by atoms with Crippen molar-refractivity contribution in [3.8, 4) is 0 Å². The Morgan fingerprint density at radius 1 is 1.37 bits per heavy atom. The summed E-state index contributed by atoms with van der Waals surface area (Å²) in [4.78, 5) is 4.11. The summed E-state index contributed by atoms with van der Waals surface area (Å²) >= 11 is 5.80. The summed E-state index contributed by atoms with van der Waals surface area (Å²) in [5.41, 5.74) is 1.12. The molecule has 0 atom stereocenters. The van der Waals surface area contributed by atoms with Crippen LogP contribution in [-0.2, 0) is 6.18 Å². The number of nitrogens with one attached hydrogen (secondary N) is 2. The van der Waals surface area contributed by atoms with E-state index in [0.717, 1.165) is 18.9 Å². The van der Waals surface area contributed by atoms with Crippen molar-refractivity contribution in [3.63, 3.8) is 0 Å². The van der Waals surface area contributed by atoms with Crippen molar-refractivity contribution >= 4 is 23.2 Å². The fourth-order valence-corrected chi connectivity index (χ4v) is 1.72. The van der Waals surface area contributed by atoms with Gasteiger partial charge in [-0.1, -0.05) is 17.7 Å². The second-order valence-corrected chi connectivity index (χ2v) is 4.55. The molecule has 0 heterocycles. The Morgan fingerprint density at radius 2 is 2.05 bits per heavy atom. The first kappa shape index (κ1) is 14.0. The Balaban J connectivity index is 2.32. The molecule has 2 rings (SSSR count). The standard InChI is InChI=1S/C11H12ClF3N4/c12-8-3-1-2-7(11(13,14)15)9(8)18-10(19-16)17-6-4-5-6/h1-3,6H,4-5,16H2,(H2,17,18,19). The van der Waals surface area contributed by atoms with Crippen molar-refractivity contribution in [2.75, 3.05) is 5.32 Å². The van der Waals surface area contributed by atoms with Gasteiger partial charge in [-0.2, -0.15) is 13.2 Å². The SMILES string of the molecule is NNC(=NC1CC1)Nc1c(Cl)cccc1C(F)(F)F. The second-order valence-electron chi connectivity index (χ2n) is 4.14. The Hall–Kier alpha value is -1.47. The van der Waals surface area contributed by atoms with Crippen LogP contribution in [0.2, 0.25) is 5.02 Å². The zero-order valence-electron chi connectivity index (χ0n) is 9.76. The molecule has 1 aliphatic rings. The van der Waals surface area contributed by atoms with Gasteiger partial charge >= 0.3 is 6.18 Å². The molecular formula is C11H12ClF3N4. The van der Waals surface area contributed by atoms with Gasteiger partial charge in [0.15, 0.2) is 0 Å². The minimum Gasteiger partial charge on any atom is -0.323 e. The minimum absolute atomic E-state index is 0.0476. The van der Waals surface area contributed by atoms with Gasteiger partial charge in [0.1, 0.15) is 0 Å². The summed E-state index contributed by atoms with van der Waals surface area (Å²) < 4.78 is 38.6. The summed E-state index contributed by atoms with van der Waals surface area (Å²) in [5, 5.41) is 2.46. The molecule has 1 aliphatic carbocycles. The van der Waals surface area contributed by atoms with Crippen LogP contribution in [0.4, 0.5) is 18.9 Å². The number of benzene rings is 1. The number of halogens is 4. The highest BCUT2D eigenvalue weighted by Crippen LogP contribution is 2.38. The van der Waals surface area contributed by atoms with Crippen molar-refractivity contribution in [3.05, 3.63) is 28.8 Å². The third kappa shape index (κ3) is 3.51. The van der Waals surface area contributed by atoms with E-state index in [0.29, 0.717) is 0 Å². The number of alkyl halides is 3. The van der Waals surface area contributed by atoms with Crippen LogP contribution < -0.4 is 16.6 Å². The summed E-state index contributed by atoms with van der Waals surface area (Å²) in [6.07, 6.45) is -2.70. The lowest BCUT2D eigenvalue weighted by molar-refractivity contribution is -0.136. The van der Waals surface area contributed by atoms with Gasteiger partial charge in [0.05, 0.1) is 22.3 Å². The molecule has 0 aromatic heterocycles. The predicted molar refractivity (Wildman–Crippen MR) is 67.9 cm³/mol. The monoisotopic (exact) mass is 292 g/mol.